The molecule has 4 nitrogen and oxygen atoms in total. The van der Waals surface area contributed by atoms with Crippen LogP contribution in [-0.2, 0) is 14.3 Å². The lowest BCUT2D eigenvalue weighted by Gasteiger charge is -2.21. The van der Waals surface area contributed by atoms with Gasteiger partial charge in [-0.3, -0.25) is 9.59 Å². The molecule has 4 heteroatoms. The summed E-state index contributed by atoms with van der Waals surface area (Å²) in [5.41, 5.74) is 0.741. The largest absolute Gasteiger partial charge is 0.485 e. The molecule has 0 amide bonds. The van der Waals surface area contributed by atoms with Gasteiger partial charge in [0, 0.05) is 0 Å². The first-order valence-electron chi connectivity index (χ1n) is 6.70. The number of ether oxygens (including phenoxy) is 2. The Hall–Kier alpha value is -1.84. The van der Waals surface area contributed by atoms with Gasteiger partial charge in [-0.25, -0.2) is 0 Å². The van der Waals surface area contributed by atoms with Gasteiger partial charge in [-0.15, -0.1) is 0 Å². The Labute approximate surface area is 120 Å². The summed E-state index contributed by atoms with van der Waals surface area (Å²) in [6.45, 7) is 8.78. The van der Waals surface area contributed by atoms with Crippen molar-refractivity contribution in [1.29, 1.82) is 0 Å². The molecular formula is C16H22O4. The third-order valence-electron chi connectivity index (χ3n) is 3.24. The number of esters is 1. The van der Waals surface area contributed by atoms with Crippen molar-refractivity contribution in [2.45, 2.75) is 34.6 Å². The molecule has 0 spiro atoms. The fraction of sp³-hybridized carbons (Fsp3) is 0.500. The van der Waals surface area contributed by atoms with Gasteiger partial charge in [0.2, 0.25) is 0 Å². The summed E-state index contributed by atoms with van der Waals surface area (Å²) >= 11 is 0. The van der Waals surface area contributed by atoms with E-state index in [-0.39, 0.29) is 19.0 Å². The maximum Gasteiger partial charge on any atom is 0.319 e. The molecule has 110 valence electrons. The zero-order chi connectivity index (χ0) is 15.3. The first-order chi connectivity index (χ1) is 9.30. The van der Waals surface area contributed by atoms with Crippen LogP contribution in [0.25, 0.3) is 0 Å². The molecule has 0 unspecified atom stereocenters. The fourth-order valence-corrected chi connectivity index (χ4v) is 1.77. The molecule has 0 aromatic heterocycles. The highest BCUT2D eigenvalue weighted by Gasteiger charge is 2.37. The molecule has 0 saturated carbocycles. The van der Waals surface area contributed by atoms with E-state index in [0.717, 1.165) is 11.1 Å². The fourth-order valence-electron chi connectivity index (χ4n) is 1.77. The summed E-state index contributed by atoms with van der Waals surface area (Å²) in [6, 6.07) is 5.77. The van der Waals surface area contributed by atoms with Crippen LogP contribution in [0.4, 0.5) is 0 Å². The van der Waals surface area contributed by atoms with Crippen LogP contribution in [0.15, 0.2) is 18.2 Å². The number of ketones is 1. The minimum atomic E-state index is -1.19. The molecular weight excluding hydrogens is 256 g/mol. The maximum absolute atomic E-state index is 12.2. The molecule has 1 aromatic carbocycles. The van der Waals surface area contributed by atoms with Gasteiger partial charge in [0.25, 0.3) is 0 Å². The average Bonchev–Trinajstić information content (AvgIpc) is 2.38. The van der Waals surface area contributed by atoms with Crippen molar-refractivity contribution in [3.05, 3.63) is 29.3 Å². The molecule has 0 fully saturated rings. The minimum Gasteiger partial charge on any atom is -0.485 e. The summed E-state index contributed by atoms with van der Waals surface area (Å²) in [4.78, 5) is 23.9. The van der Waals surface area contributed by atoms with Gasteiger partial charge in [-0.05, 0) is 45.7 Å². The zero-order valence-corrected chi connectivity index (χ0v) is 12.8. The van der Waals surface area contributed by atoms with Crippen LogP contribution in [-0.4, -0.2) is 25.0 Å². The highest BCUT2D eigenvalue weighted by molar-refractivity contribution is 6.03. The van der Waals surface area contributed by atoms with E-state index in [4.69, 9.17) is 9.47 Å². The van der Waals surface area contributed by atoms with Gasteiger partial charge in [0.1, 0.15) is 17.8 Å². The molecule has 0 aliphatic rings. The van der Waals surface area contributed by atoms with E-state index in [1.54, 1.807) is 20.8 Å². The van der Waals surface area contributed by atoms with Crippen molar-refractivity contribution >= 4 is 11.8 Å². The predicted molar refractivity (Wildman–Crippen MR) is 76.8 cm³/mol. The molecule has 0 saturated heterocycles. The van der Waals surface area contributed by atoms with E-state index < -0.39 is 11.4 Å². The lowest BCUT2D eigenvalue weighted by Crippen LogP contribution is -2.38. The van der Waals surface area contributed by atoms with Crippen LogP contribution in [0, 0.1) is 19.3 Å². The molecule has 0 heterocycles. The minimum absolute atomic E-state index is 0.141. The standard InChI is InChI=1S/C16H22O4/c1-6-19-15(18)16(4,5)13(17)10-20-14-11(2)8-7-9-12(14)3/h7-9H,6,10H2,1-5H3. The van der Waals surface area contributed by atoms with Gasteiger partial charge in [0.05, 0.1) is 6.61 Å². The second kappa shape index (κ2) is 6.55. The number of Topliss-reactive ketones (excluding diaryl/α,β-unsaturated/α-hetero) is 1. The summed E-state index contributed by atoms with van der Waals surface area (Å²) in [6.07, 6.45) is 0. The number of hydrogen-bond donors (Lipinski definition) is 0. The third-order valence-corrected chi connectivity index (χ3v) is 3.24. The number of rotatable bonds is 6. The highest BCUT2D eigenvalue weighted by atomic mass is 16.5. The Balaban J connectivity index is 2.75. The first kappa shape index (κ1) is 16.2. The highest BCUT2D eigenvalue weighted by Crippen LogP contribution is 2.24. The number of carbonyl (C=O) groups is 2. The van der Waals surface area contributed by atoms with Crippen LogP contribution >= 0.6 is 0 Å². The number of hydrogen-bond acceptors (Lipinski definition) is 4. The molecule has 1 aromatic rings. The van der Waals surface area contributed by atoms with E-state index in [1.165, 1.54) is 0 Å². The van der Waals surface area contributed by atoms with Gasteiger partial charge < -0.3 is 9.47 Å². The van der Waals surface area contributed by atoms with Crippen LogP contribution in [0.5, 0.6) is 5.75 Å². The van der Waals surface area contributed by atoms with E-state index in [1.807, 2.05) is 32.0 Å². The van der Waals surface area contributed by atoms with Crippen LogP contribution in [0.2, 0.25) is 0 Å². The van der Waals surface area contributed by atoms with Crippen molar-refractivity contribution in [3.63, 3.8) is 0 Å². The zero-order valence-electron chi connectivity index (χ0n) is 12.8. The van der Waals surface area contributed by atoms with Crippen molar-refractivity contribution < 1.29 is 19.1 Å². The smallest absolute Gasteiger partial charge is 0.319 e. The van der Waals surface area contributed by atoms with Gasteiger partial charge >= 0.3 is 5.97 Å². The third kappa shape index (κ3) is 3.59. The molecule has 0 aliphatic heterocycles. The van der Waals surface area contributed by atoms with Crippen molar-refractivity contribution in [2.24, 2.45) is 5.41 Å². The number of benzene rings is 1. The molecule has 0 radical (unpaired) electrons. The first-order valence-corrected chi connectivity index (χ1v) is 6.70. The van der Waals surface area contributed by atoms with E-state index in [2.05, 4.69) is 0 Å². The second-order valence-corrected chi connectivity index (χ2v) is 5.28. The monoisotopic (exact) mass is 278 g/mol. The quantitative estimate of drug-likeness (QED) is 0.593. The topological polar surface area (TPSA) is 52.6 Å². The summed E-state index contributed by atoms with van der Waals surface area (Å²) in [5.74, 6) is -0.116. The van der Waals surface area contributed by atoms with Gasteiger partial charge in [-0.2, -0.15) is 0 Å². The average molecular weight is 278 g/mol. The Morgan fingerprint density at radius 3 is 2.20 bits per heavy atom. The van der Waals surface area contributed by atoms with Gasteiger partial charge in [-0.1, -0.05) is 18.2 Å². The summed E-state index contributed by atoms with van der Waals surface area (Å²) in [7, 11) is 0. The molecule has 1 rings (SSSR count). The number of para-hydroxylation sites is 1. The summed E-state index contributed by atoms with van der Waals surface area (Å²) in [5, 5.41) is 0. The van der Waals surface area contributed by atoms with Crippen LogP contribution < -0.4 is 4.74 Å². The van der Waals surface area contributed by atoms with E-state index >= 15 is 0 Å². The second-order valence-electron chi connectivity index (χ2n) is 5.28. The van der Waals surface area contributed by atoms with E-state index in [9.17, 15) is 9.59 Å². The van der Waals surface area contributed by atoms with Crippen molar-refractivity contribution in [2.75, 3.05) is 13.2 Å². The lowest BCUT2D eigenvalue weighted by atomic mass is 9.88. The van der Waals surface area contributed by atoms with Gasteiger partial charge in [0.15, 0.2) is 5.78 Å². The molecule has 0 aliphatic carbocycles. The van der Waals surface area contributed by atoms with Crippen molar-refractivity contribution in [1.82, 2.24) is 0 Å². The number of aryl methyl sites for hydroxylation is 2. The maximum atomic E-state index is 12.2. The Morgan fingerprint density at radius 2 is 1.70 bits per heavy atom. The van der Waals surface area contributed by atoms with Crippen LogP contribution in [0.3, 0.4) is 0 Å². The predicted octanol–water partition coefficient (Wildman–Crippen LogP) is 2.84. The number of carbonyl (C=O) groups excluding carboxylic acids is 2. The molecule has 0 bridgehead atoms. The molecule has 0 atom stereocenters. The Bertz CT molecular complexity index is 483. The molecule has 0 N–H and O–H groups in total. The lowest BCUT2D eigenvalue weighted by molar-refractivity contribution is -0.158. The van der Waals surface area contributed by atoms with E-state index in [0.29, 0.717) is 5.75 Å². The summed E-state index contributed by atoms with van der Waals surface area (Å²) < 4.78 is 10.5. The Morgan fingerprint density at radius 1 is 1.15 bits per heavy atom. The van der Waals surface area contributed by atoms with Crippen molar-refractivity contribution in [3.8, 4) is 5.75 Å². The SMILES string of the molecule is CCOC(=O)C(C)(C)C(=O)COc1c(C)cccc1C. The Kier molecular flexibility index (Phi) is 5.31. The molecule has 20 heavy (non-hydrogen) atoms. The normalized spacial score (nSPS) is 11.1. The van der Waals surface area contributed by atoms with Crippen LogP contribution in [0.1, 0.15) is 31.9 Å².